The van der Waals surface area contributed by atoms with Gasteiger partial charge in [0, 0.05) is 26.2 Å². The average Bonchev–Trinajstić information content (AvgIpc) is 2.42. The number of piperidine rings is 1. The highest BCUT2D eigenvalue weighted by Crippen LogP contribution is 2.18. The number of nitrogens with one attached hydrogen (secondary N) is 1. The van der Waals surface area contributed by atoms with Gasteiger partial charge in [-0.1, -0.05) is 6.92 Å². The highest BCUT2D eigenvalue weighted by Gasteiger charge is 2.17. The molecule has 2 fully saturated rings. The van der Waals surface area contributed by atoms with Crippen LogP contribution in [0.3, 0.4) is 0 Å². The zero-order chi connectivity index (χ0) is 12.6. The van der Waals surface area contributed by atoms with Gasteiger partial charge < -0.3 is 15.1 Å². The Hall–Kier alpha value is -0.120. The second-order valence-electron chi connectivity index (χ2n) is 6.02. The summed E-state index contributed by atoms with van der Waals surface area (Å²) in [6.07, 6.45) is 6.99. The van der Waals surface area contributed by atoms with Crippen molar-refractivity contribution in [3.05, 3.63) is 0 Å². The number of nitrogens with zero attached hydrogens (tertiary/aromatic N) is 2. The summed E-state index contributed by atoms with van der Waals surface area (Å²) in [6, 6.07) is 0. The predicted octanol–water partition coefficient (Wildman–Crippen LogP) is 1.79. The van der Waals surface area contributed by atoms with Crippen molar-refractivity contribution in [2.75, 3.05) is 52.4 Å². The van der Waals surface area contributed by atoms with Crippen LogP contribution in [0.25, 0.3) is 0 Å². The minimum Gasteiger partial charge on any atom is -0.317 e. The molecule has 0 aliphatic carbocycles. The van der Waals surface area contributed by atoms with E-state index < -0.39 is 0 Å². The maximum absolute atomic E-state index is 3.46. The van der Waals surface area contributed by atoms with Crippen LogP contribution in [0.2, 0.25) is 0 Å². The number of hydrogen-bond donors (Lipinski definition) is 1. The van der Waals surface area contributed by atoms with Crippen LogP contribution < -0.4 is 5.32 Å². The summed E-state index contributed by atoms with van der Waals surface area (Å²) in [5.74, 6) is 1.01. The van der Waals surface area contributed by atoms with E-state index in [2.05, 4.69) is 22.0 Å². The summed E-state index contributed by atoms with van der Waals surface area (Å²) in [4.78, 5) is 5.29. The minimum absolute atomic E-state index is 1.01. The van der Waals surface area contributed by atoms with E-state index in [0.29, 0.717) is 0 Å². The molecule has 3 nitrogen and oxygen atoms in total. The zero-order valence-electron chi connectivity index (χ0n) is 12.2. The molecule has 106 valence electrons. The minimum atomic E-state index is 1.01. The van der Waals surface area contributed by atoms with Crippen LogP contribution in [-0.4, -0.2) is 62.2 Å². The molecule has 0 unspecified atom stereocenters. The Morgan fingerprint density at radius 3 is 2.17 bits per heavy atom. The summed E-state index contributed by atoms with van der Waals surface area (Å²) in [5.41, 5.74) is 0. The first-order valence-electron chi connectivity index (χ1n) is 8.04. The fourth-order valence-electron chi connectivity index (χ4n) is 3.33. The van der Waals surface area contributed by atoms with Crippen LogP contribution in [-0.2, 0) is 0 Å². The molecule has 2 saturated heterocycles. The third-order valence-electron chi connectivity index (χ3n) is 4.55. The Balaban J connectivity index is 1.52. The largest absolute Gasteiger partial charge is 0.317 e. The normalized spacial score (nSPS) is 24.5. The maximum atomic E-state index is 3.46. The lowest BCUT2D eigenvalue weighted by molar-refractivity contribution is 0.129. The molecule has 2 aliphatic heterocycles. The first-order chi connectivity index (χ1) is 8.88. The molecule has 0 aromatic carbocycles. The summed E-state index contributed by atoms with van der Waals surface area (Å²) in [5, 5.41) is 3.46. The second-order valence-corrected chi connectivity index (χ2v) is 6.02. The summed E-state index contributed by atoms with van der Waals surface area (Å²) in [7, 11) is 0. The summed E-state index contributed by atoms with van der Waals surface area (Å²) < 4.78 is 0. The van der Waals surface area contributed by atoms with Crippen LogP contribution >= 0.6 is 0 Å². The molecule has 2 aliphatic rings. The van der Waals surface area contributed by atoms with Gasteiger partial charge >= 0.3 is 0 Å². The molecule has 3 heteroatoms. The molecule has 0 amide bonds. The van der Waals surface area contributed by atoms with Crippen molar-refractivity contribution < 1.29 is 0 Å². The molecule has 0 atom stereocenters. The van der Waals surface area contributed by atoms with Gasteiger partial charge in [0.1, 0.15) is 0 Å². The molecule has 2 heterocycles. The van der Waals surface area contributed by atoms with Crippen molar-refractivity contribution in [1.82, 2.24) is 15.1 Å². The summed E-state index contributed by atoms with van der Waals surface area (Å²) >= 11 is 0. The van der Waals surface area contributed by atoms with Crippen LogP contribution in [0.15, 0.2) is 0 Å². The molecular formula is C15H31N3. The Kier molecular flexibility index (Phi) is 6.46. The van der Waals surface area contributed by atoms with E-state index in [1.54, 1.807) is 0 Å². The Labute approximate surface area is 113 Å². The van der Waals surface area contributed by atoms with Crippen LogP contribution in [0.1, 0.15) is 39.0 Å². The van der Waals surface area contributed by atoms with E-state index in [4.69, 9.17) is 0 Å². The average molecular weight is 253 g/mol. The number of hydrogen-bond acceptors (Lipinski definition) is 3. The van der Waals surface area contributed by atoms with Crippen LogP contribution in [0.4, 0.5) is 0 Å². The fourth-order valence-corrected chi connectivity index (χ4v) is 3.33. The van der Waals surface area contributed by atoms with Crippen molar-refractivity contribution in [2.45, 2.75) is 39.0 Å². The lowest BCUT2D eigenvalue weighted by Gasteiger charge is -2.34. The smallest absolute Gasteiger partial charge is 0.0110 e. The van der Waals surface area contributed by atoms with E-state index in [-0.39, 0.29) is 0 Å². The van der Waals surface area contributed by atoms with Crippen molar-refractivity contribution in [3.8, 4) is 0 Å². The van der Waals surface area contributed by atoms with Crippen molar-refractivity contribution in [3.63, 3.8) is 0 Å². The number of piperazine rings is 1. The van der Waals surface area contributed by atoms with Gasteiger partial charge in [-0.2, -0.15) is 0 Å². The molecule has 18 heavy (non-hydrogen) atoms. The van der Waals surface area contributed by atoms with E-state index in [0.717, 1.165) is 5.92 Å². The third-order valence-corrected chi connectivity index (χ3v) is 4.55. The highest BCUT2D eigenvalue weighted by atomic mass is 15.3. The lowest BCUT2D eigenvalue weighted by atomic mass is 9.93. The molecule has 0 spiro atoms. The predicted molar refractivity (Wildman–Crippen MR) is 78.0 cm³/mol. The van der Waals surface area contributed by atoms with Crippen molar-refractivity contribution >= 4 is 0 Å². The standard InChI is InChI=1S/C15H31N3/c1-2-9-17-11-13-18(14-12-17)10-3-4-15-5-7-16-8-6-15/h15-16H,2-14H2,1H3. The molecule has 0 radical (unpaired) electrons. The van der Waals surface area contributed by atoms with Gasteiger partial charge in [-0.25, -0.2) is 0 Å². The Morgan fingerprint density at radius 1 is 0.944 bits per heavy atom. The Morgan fingerprint density at radius 2 is 1.56 bits per heavy atom. The van der Waals surface area contributed by atoms with Gasteiger partial charge in [0.05, 0.1) is 0 Å². The van der Waals surface area contributed by atoms with Crippen LogP contribution in [0, 0.1) is 5.92 Å². The van der Waals surface area contributed by atoms with Gasteiger partial charge in [-0.3, -0.25) is 0 Å². The van der Waals surface area contributed by atoms with Gasteiger partial charge in [-0.05, 0) is 64.2 Å². The molecule has 2 rings (SSSR count). The quantitative estimate of drug-likeness (QED) is 0.778. The molecule has 0 saturated carbocycles. The molecule has 0 aromatic rings. The fraction of sp³-hybridized carbons (Fsp3) is 1.00. The third kappa shape index (κ3) is 4.87. The topological polar surface area (TPSA) is 18.5 Å². The maximum Gasteiger partial charge on any atom is 0.0110 e. The zero-order valence-corrected chi connectivity index (χ0v) is 12.2. The second kappa shape index (κ2) is 8.13. The van der Waals surface area contributed by atoms with Gasteiger partial charge in [-0.15, -0.1) is 0 Å². The van der Waals surface area contributed by atoms with E-state index >= 15 is 0 Å². The Bertz CT molecular complexity index is 206. The highest BCUT2D eigenvalue weighted by molar-refractivity contribution is 4.73. The lowest BCUT2D eigenvalue weighted by Crippen LogP contribution is -2.46. The molecular weight excluding hydrogens is 222 g/mol. The summed E-state index contributed by atoms with van der Waals surface area (Å²) in [6.45, 7) is 12.6. The van der Waals surface area contributed by atoms with E-state index in [9.17, 15) is 0 Å². The van der Waals surface area contributed by atoms with E-state index in [1.165, 1.54) is 84.5 Å². The molecule has 0 bridgehead atoms. The first-order valence-corrected chi connectivity index (χ1v) is 8.04. The van der Waals surface area contributed by atoms with Crippen molar-refractivity contribution in [1.29, 1.82) is 0 Å². The first kappa shape index (κ1) is 14.3. The number of rotatable bonds is 6. The van der Waals surface area contributed by atoms with E-state index in [1.807, 2.05) is 0 Å². The SMILES string of the molecule is CCCN1CCN(CCCC2CCNCC2)CC1. The molecule has 1 N–H and O–H groups in total. The van der Waals surface area contributed by atoms with Gasteiger partial charge in [0.15, 0.2) is 0 Å². The van der Waals surface area contributed by atoms with Gasteiger partial charge in [0.25, 0.3) is 0 Å². The molecule has 0 aromatic heterocycles. The van der Waals surface area contributed by atoms with Gasteiger partial charge in [0.2, 0.25) is 0 Å². The monoisotopic (exact) mass is 253 g/mol. The van der Waals surface area contributed by atoms with Crippen LogP contribution in [0.5, 0.6) is 0 Å². The van der Waals surface area contributed by atoms with Crippen molar-refractivity contribution in [2.24, 2.45) is 5.92 Å².